The molecule has 0 saturated carbocycles. The van der Waals surface area contributed by atoms with Crippen LogP contribution in [0.25, 0.3) is 11.4 Å². The summed E-state index contributed by atoms with van der Waals surface area (Å²) in [6.45, 7) is 7.29. The molecule has 3 aromatic heterocycles. The summed E-state index contributed by atoms with van der Waals surface area (Å²) in [5.74, 6) is 1.92. The van der Waals surface area contributed by atoms with Crippen LogP contribution in [0.15, 0.2) is 29.0 Å². The first-order valence-corrected chi connectivity index (χ1v) is 8.54. The molecule has 0 aliphatic carbocycles. The molecule has 1 aliphatic heterocycles. The third-order valence-electron chi connectivity index (χ3n) is 4.94. The molecule has 0 spiro atoms. The molecule has 0 radical (unpaired) electrons. The molecule has 0 atom stereocenters. The maximum Gasteiger partial charge on any atom is 0.227 e. The zero-order valence-corrected chi connectivity index (χ0v) is 14.8. The maximum atomic E-state index is 5.41. The topological polar surface area (TPSA) is 72.9 Å². The van der Waals surface area contributed by atoms with Crippen molar-refractivity contribution in [2.24, 2.45) is 13.0 Å². The number of hydrogen-bond donors (Lipinski definition) is 0. The van der Waals surface area contributed by atoms with Gasteiger partial charge in [0.15, 0.2) is 0 Å². The van der Waals surface area contributed by atoms with Gasteiger partial charge in [-0.2, -0.15) is 10.1 Å². The van der Waals surface area contributed by atoms with E-state index >= 15 is 0 Å². The van der Waals surface area contributed by atoms with Gasteiger partial charge in [0.25, 0.3) is 0 Å². The fourth-order valence-electron chi connectivity index (χ4n) is 3.41. The Labute approximate surface area is 146 Å². The second kappa shape index (κ2) is 6.40. The molecule has 1 saturated heterocycles. The van der Waals surface area contributed by atoms with Gasteiger partial charge in [0, 0.05) is 62.3 Å². The number of aryl methyl sites for hydroxylation is 2. The van der Waals surface area contributed by atoms with Gasteiger partial charge in [-0.3, -0.25) is 14.6 Å². The Bertz CT molecular complexity index is 863. The first-order chi connectivity index (χ1) is 12.1. The van der Waals surface area contributed by atoms with E-state index in [0.717, 1.165) is 37.3 Å². The van der Waals surface area contributed by atoms with Gasteiger partial charge in [-0.25, -0.2) is 0 Å². The van der Waals surface area contributed by atoms with Crippen LogP contribution in [0.2, 0.25) is 0 Å². The van der Waals surface area contributed by atoms with E-state index in [0.29, 0.717) is 17.6 Å². The van der Waals surface area contributed by atoms with E-state index in [1.54, 1.807) is 12.4 Å². The lowest BCUT2D eigenvalue weighted by Gasteiger charge is -2.38. The number of aromatic nitrogens is 5. The molecule has 25 heavy (non-hydrogen) atoms. The monoisotopic (exact) mass is 338 g/mol. The highest BCUT2D eigenvalue weighted by molar-refractivity contribution is 5.52. The van der Waals surface area contributed by atoms with Crippen molar-refractivity contribution in [3.63, 3.8) is 0 Å². The van der Waals surface area contributed by atoms with Crippen molar-refractivity contribution >= 4 is 0 Å². The minimum absolute atomic E-state index is 0.572. The number of likely N-dealkylation sites (tertiary alicyclic amines) is 1. The summed E-state index contributed by atoms with van der Waals surface area (Å²) in [6, 6.07) is 3.77. The Morgan fingerprint density at radius 1 is 1.20 bits per heavy atom. The van der Waals surface area contributed by atoms with Crippen LogP contribution in [0.5, 0.6) is 0 Å². The van der Waals surface area contributed by atoms with Gasteiger partial charge < -0.3 is 4.52 Å². The second-order valence-corrected chi connectivity index (χ2v) is 6.78. The molecule has 4 heterocycles. The molecule has 0 aromatic carbocycles. The Morgan fingerprint density at radius 2 is 1.96 bits per heavy atom. The molecule has 1 fully saturated rings. The SMILES string of the molecule is Cc1nn(C)c(C)c1CN1CC(Cc2nc(-c3ccncc3)no2)C1. The van der Waals surface area contributed by atoms with Crippen LogP contribution in [-0.2, 0) is 20.0 Å². The molecular formula is C18H22N6O. The molecule has 0 unspecified atom stereocenters. The largest absolute Gasteiger partial charge is 0.339 e. The summed E-state index contributed by atoms with van der Waals surface area (Å²) < 4.78 is 7.37. The van der Waals surface area contributed by atoms with Gasteiger partial charge in [0.2, 0.25) is 11.7 Å². The zero-order chi connectivity index (χ0) is 17.4. The van der Waals surface area contributed by atoms with Gasteiger partial charge in [-0.1, -0.05) is 5.16 Å². The summed E-state index contributed by atoms with van der Waals surface area (Å²) in [7, 11) is 2.00. The van der Waals surface area contributed by atoms with Crippen LogP contribution in [-0.4, -0.2) is 42.9 Å². The molecular weight excluding hydrogens is 316 g/mol. The van der Waals surface area contributed by atoms with Crippen molar-refractivity contribution in [2.45, 2.75) is 26.8 Å². The summed E-state index contributed by atoms with van der Waals surface area (Å²) in [6.07, 6.45) is 4.30. The standard InChI is InChI=1S/C18H22N6O/c1-12-16(13(2)23(3)21-12)11-24-9-14(10-24)8-17-20-18(22-25-17)15-4-6-19-7-5-15/h4-7,14H,8-11H2,1-3H3. The number of pyridine rings is 1. The van der Waals surface area contributed by atoms with E-state index in [1.807, 2.05) is 23.9 Å². The normalized spacial score (nSPS) is 15.5. The Balaban J connectivity index is 1.32. The molecule has 7 heteroatoms. The Kier molecular flexibility index (Phi) is 4.09. The predicted octanol–water partition coefficient (Wildman–Crippen LogP) is 2.16. The van der Waals surface area contributed by atoms with Crippen LogP contribution in [0.1, 0.15) is 22.8 Å². The molecule has 4 rings (SSSR count). The molecule has 1 aliphatic rings. The van der Waals surface area contributed by atoms with Gasteiger partial charge in [-0.05, 0) is 31.9 Å². The van der Waals surface area contributed by atoms with Gasteiger partial charge in [0.1, 0.15) is 0 Å². The third kappa shape index (κ3) is 3.19. The van der Waals surface area contributed by atoms with Crippen molar-refractivity contribution in [2.75, 3.05) is 13.1 Å². The van der Waals surface area contributed by atoms with E-state index < -0.39 is 0 Å². The number of hydrogen-bond acceptors (Lipinski definition) is 6. The van der Waals surface area contributed by atoms with Crippen molar-refractivity contribution in [3.05, 3.63) is 47.4 Å². The fourth-order valence-corrected chi connectivity index (χ4v) is 3.41. The van der Waals surface area contributed by atoms with Crippen molar-refractivity contribution in [1.82, 2.24) is 29.8 Å². The van der Waals surface area contributed by atoms with E-state index in [4.69, 9.17) is 4.52 Å². The van der Waals surface area contributed by atoms with Gasteiger partial charge in [-0.15, -0.1) is 0 Å². The quantitative estimate of drug-likeness (QED) is 0.710. The molecule has 0 N–H and O–H groups in total. The van der Waals surface area contributed by atoms with Gasteiger partial charge in [0.05, 0.1) is 5.69 Å². The zero-order valence-electron chi connectivity index (χ0n) is 14.8. The highest BCUT2D eigenvalue weighted by atomic mass is 16.5. The summed E-state index contributed by atoms with van der Waals surface area (Å²) in [5, 5.41) is 8.56. The van der Waals surface area contributed by atoms with Crippen LogP contribution in [0.4, 0.5) is 0 Å². The first kappa shape index (κ1) is 16.0. The van der Waals surface area contributed by atoms with Crippen LogP contribution in [0, 0.1) is 19.8 Å². The summed E-state index contributed by atoms with van der Waals surface area (Å²) >= 11 is 0. The Hall–Kier alpha value is -2.54. The Morgan fingerprint density at radius 3 is 2.64 bits per heavy atom. The smallest absolute Gasteiger partial charge is 0.227 e. The molecule has 0 bridgehead atoms. The maximum absolute atomic E-state index is 5.41. The van der Waals surface area contributed by atoms with Crippen molar-refractivity contribution in [3.8, 4) is 11.4 Å². The molecule has 130 valence electrons. The summed E-state index contributed by atoms with van der Waals surface area (Å²) in [5.41, 5.74) is 4.66. The highest BCUT2D eigenvalue weighted by Crippen LogP contribution is 2.25. The van der Waals surface area contributed by atoms with Crippen molar-refractivity contribution < 1.29 is 4.52 Å². The lowest BCUT2D eigenvalue weighted by atomic mass is 9.95. The lowest BCUT2D eigenvalue weighted by molar-refractivity contribution is 0.0862. The van der Waals surface area contributed by atoms with E-state index in [-0.39, 0.29) is 0 Å². The number of nitrogens with zero attached hydrogens (tertiary/aromatic N) is 6. The first-order valence-electron chi connectivity index (χ1n) is 8.54. The summed E-state index contributed by atoms with van der Waals surface area (Å²) in [4.78, 5) is 11.0. The minimum Gasteiger partial charge on any atom is -0.339 e. The predicted molar refractivity (Wildman–Crippen MR) is 92.7 cm³/mol. The van der Waals surface area contributed by atoms with E-state index in [9.17, 15) is 0 Å². The molecule has 0 amide bonds. The fraction of sp³-hybridized carbons (Fsp3) is 0.444. The van der Waals surface area contributed by atoms with Crippen molar-refractivity contribution in [1.29, 1.82) is 0 Å². The average Bonchev–Trinajstić information content (AvgIpc) is 3.13. The van der Waals surface area contributed by atoms with E-state index in [2.05, 4.69) is 39.0 Å². The average molecular weight is 338 g/mol. The molecule has 7 nitrogen and oxygen atoms in total. The lowest BCUT2D eigenvalue weighted by Crippen LogP contribution is -2.47. The van der Waals surface area contributed by atoms with Gasteiger partial charge >= 0.3 is 0 Å². The second-order valence-electron chi connectivity index (χ2n) is 6.78. The number of rotatable bonds is 5. The molecule has 3 aromatic rings. The van der Waals surface area contributed by atoms with Crippen LogP contribution >= 0.6 is 0 Å². The van der Waals surface area contributed by atoms with Crippen LogP contribution in [0.3, 0.4) is 0 Å². The minimum atomic E-state index is 0.572. The third-order valence-corrected chi connectivity index (χ3v) is 4.94. The van der Waals surface area contributed by atoms with Crippen LogP contribution < -0.4 is 0 Å². The highest BCUT2D eigenvalue weighted by Gasteiger charge is 2.29. The van der Waals surface area contributed by atoms with E-state index in [1.165, 1.54) is 11.3 Å².